The van der Waals surface area contributed by atoms with Gasteiger partial charge in [-0.2, -0.15) is 10.2 Å². The smallest absolute Gasteiger partial charge is 0.0897 e. The summed E-state index contributed by atoms with van der Waals surface area (Å²) < 4.78 is 10.6. The van der Waals surface area contributed by atoms with Crippen LogP contribution in [-0.4, -0.2) is 53.9 Å². The van der Waals surface area contributed by atoms with Crippen LogP contribution in [0.5, 0.6) is 0 Å². The van der Waals surface area contributed by atoms with E-state index in [0.717, 1.165) is 5.69 Å². The van der Waals surface area contributed by atoms with E-state index >= 15 is 0 Å². The molecule has 6 nitrogen and oxygen atoms in total. The van der Waals surface area contributed by atoms with Crippen LogP contribution in [0.4, 0.5) is 0 Å². The summed E-state index contributed by atoms with van der Waals surface area (Å²) in [4.78, 5) is 0. The minimum absolute atomic E-state index is 0.210. The first kappa shape index (κ1) is 16.0. The van der Waals surface area contributed by atoms with Gasteiger partial charge in [-0.15, -0.1) is 0 Å². The highest BCUT2D eigenvalue weighted by Crippen LogP contribution is 1.92. The maximum atomic E-state index is 9.67. The molecule has 1 rings (SSSR count). The van der Waals surface area contributed by atoms with E-state index in [1.54, 1.807) is 6.20 Å². The Labute approximate surface area is 114 Å². The monoisotopic (exact) mass is 269 g/mol. The number of aromatic nitrogens is 2. The highest BCUT2D eigenvalue weighted by Gasteiger charge is 2.04. The summed E-state index contributed by atoms with van der Waals surface area (Å²) in [5.74, 6) is 0. The molecule has 0 aromatic carbocycles. The third-order valence-corrected chi connectivity index (χ3v) is 2.30. The molecule has 2 N–H and O–H groups in total. The van der Waals surface area contributed by atoms with E-state index in [4.69, 9.17) is 9.47 Å². The zero-order chi connectivity index (χ0) is 13.9. The predicted octanol–water partition coefficient (Wildman–Crippen LogP) is 0.369. The standard InChI is InChI=1S/C13H23N3O3/c1-11(2)19-7-6-18-10-13(17)9-14-8-12-4-3-5-15-16-12/h3-5,11,13-14,17H,6-10H2,1-2H3. The van der Waals surface area contributed by atoms with Crippen LogP contribution in [0.15, 0.2) is 18.3 Å². The van der Waals surface area contributed by atoms with Gasteiger partial charge in [0.25, 0.3) is 0 Å². The van der Waals surface area contributed by atoms with Gasteiger partial charge < -0.3 is 19.9 Å². The Morgan fingerprint density at radius 2 is 2.21 bits per heavy atom. The van der Waals surface area contributed by atoms with E-state index in [1.807, 2.05) is 26.0 Å². The van der Waals surface area contributed by atoms with Crippen molar-refractivity contribution in [2.24, 2.45) is 0 Å². The molecule has 0 fully saturated rings. The summed E-state index contributed by atoms with van der Waals surface area (Å²) in [5, 5.41) is 20.5. The second-order valence-electron chi connectivity index (χ2n) is 4.49. The number of aliphatic hydroxyl groups excluding tert-OH is 1. The SMILES string of the molecule is CC(C)OCCOCC(O)CNCc1cccnn1. The lowest BCUT2D eigenvalue weighted by Crippen LogP contribution is -2.30. The molecule has 0 spiro atoms. The average molecular weight is 269 g/mol. The number of nitrogens with one attached hydrogen (secondary N) is 1. The van der Waals surface area contributed by atoms with Crippen molar-refractivity contribution in [2.75, 3.05) is 26.4 Å². The molecule has 1 atom stereocenters. The lowest BCUT2D eigenvalue weighted by Gasteiger charge is -2.13. The third kappa shape index (κ3) is 8.61. The zero-order valence-electron chi connectivity index (χ0n) is 11.6. The Morgan fingerprint density at radius 1 is 1.37 bits per heavy atom. The first-order valence-corrected chi connectivity index (χ1v) is 6.53. The fourth-order valence-corrected chi connectivity index (χ4v) is 1.42. The van der Waals surface area contributed by atoms with Crippen LogP contribution in [0.2, 0.25) is 0 Å². The number of aliphatic hydroxyl groups is 1. The van der Waals surface area contributed by atoms with Crippen molar-refractivity contribution in [1.29, 1.82) is 0 Å². The molecule has 1 aromatic rings. The average Bonchev–Trinajstić information content (AvgIpc) is 2.39. The van der Waals surface area contributed by atoms with Gasteiger partial charge in [0.2, 0.25) is 0 Å². The van der Waals surface area contributed by atoms with E-state index < -0.39 is 6.10 Å². The van der Waals surface area contributed by atoms with Gasteiger partial charge in [0.05, 0.1) is 37.7 Å². The maximum Gasteiger partial charge on any atom is 0.0897 e. The van der Waals surface area contributed by atoms with E-state index in [0.29, 0.717) is 32.9 Å². The molecule has 0 aliphatic heterocycles. The lowest BCUT2D eigenvalue weighted by molar-refractivity contribution is -0.0100. The largest absolute Gasteiger partial charge is 0.389 e. The molecule has 6 heteroatoms. The van der Waals surface area contributed by atoms with Crippen LogP contribution in [-0.2, 0) is 16.0 Å². The van der Waals surface area contributed by atoms with Gasteiger partial charge in [0.1, 0.15) is 0 Å². The third-order valence-electron chi connectivity index (χ3n) is 2.30. The molecule has 0 amide bonds. The Morgan fingerprint density at radius 3 is 2.89 bits per heavy atom. The van der Waals surface area contributed by atoms with Crippen molar-refractivity contribution in [3.05, 3.63) is 24.0 Å². The van der Waals surface area contributed by atoms with Crippen LogP contribution in [0.1, 0.15) is 19.5 Å². The van der Waals surface area contributed by atoms with Crippen LogP contribution >= 0.6 is 0 Å². The number of hydrogen-bond acceptors (Lipinski definition) is 6. The van der Waals surface area contributed by atoms with Gasteiger partial charge in [0, 0.05) is 19.3 Å². The van der Waals surface area contributed by atoms with Crippen molar-refractivity contribution < 1.29 is 14.6 Å². The summed E-state index contributed by atoms with van der Waals surface area (Å²) in [7, 11) is 0. The van der Waals surface area contributed by atoms with Crippen molar-refractivity contribution >= 4 is 0 Å². The van der Waals surface area contributed by atoms with Crippen LogP contribution in [0.3, 0.4) is 0 Å². The van der Waals surface area contributed by atoms with Crippen molar-refractivity contribution in [3.8, 4) is 0 Å². The van der Waals surface area contributed by atoms with Gasteiger partial charge in [0.15, 0.2) is 0 Å². The van der Waals surface area contributed by atoms with Crippen molar-refractivity contribution in [1.82, 2.24) is 15.5 Å². The fourth-order valence-electron chi connectivity index (χ4n) is 1.42. The minimum atomic E-state index is -0.532. The van der Waals surface area contributed by atoms with Crippen molar-refractivity contribution in [2.45, 2.75) is 32.6 Å². The molecular formula is C13H23N3O3. The molecule has 0 aliphatic carbocycles. The fraction of sp³-hybridized carbons (Fsp3) is 0.692. The molecule has 0 bridgehead atoms. The summed E-state index contributed by atoms with van der Waals surface area (Å²) in [6, 6.07) is 3.71. The quantitative estimate of drug-likeness (QED) is 0.598. The normalized spacial score (nSPS) is 12.8. The van der Waals surface area contributed by atoms with E-state index in [2.05, 4.69) is 15.5 Å². The molecule has 1 heterocycles. The van der Waals surface area contributed by atoms with E-state index in [-0.39, 0.29) is 6.10 Å². The number of rotatable bonds is 10. The molecule has 19 heavy (non-hydrogen) atoms. The molecule has 1 aromatic heterocycles. The molecule has 1 unspecified atom stereocenters. The van der Waals surface area contributed by atoms with Crippen LogP contribution in [0.25, 0.3) is 0 Å². The van der Waals surface area contributed by atoms with E-state index in [1.165, 1.54) is 0 Å². The predicted molar refractivity (Wildman–Crippen MR) is 71.7 cm³/mol. The van der Waals surface area contributed by atoms with Gasteiger partial charge in [-0.1, -0.05) is 0 Å². The van der Waals surface area contributed by atoms with Crippen LogP contribution in [0, 0.1) is 0 Å². The number of nitrogens with zero attached hydrogens (tertiary/aromatic N) is 2. The Bertz CT molecular complexity index is 322. The van der Waals surface area contributed by atoms with Gasteiger partial charge in [-0.05, 0) is 26.0 Å². The molecule has 0 saturated carbocycles. The molecule has 0 aliphatic rings. The first-order valence-electron chi connectivity index (χ1n) is 6.53. The van der Waals surface area contributed by atoms with Gasteiger partial charge in [-0.25, -0.2) is 0 Å². The van der Waals surface area contributed by atoms with E-state index in [9.17, 15) is 5.11 Å². The molecule has 108 valence electrons. The summed E-state index contributed by atoms with van der Waals surface area (Å²) in [5.41, 5.74) is 0.848. The highest BCUT2D eigenvalue weighted by atomic mass is 16.5. The second-order valence-corrected chi connectivity index (χ2v) is 4.49. The number of hydrogen-bond donors (Lipinski definition) is 2. The Balaban J connectivity index is 1.97. The molecule has 0 saturated heterocycles. The number of ether oxygens (including phenoxy) is 2. The zero-order valence-corrected chi connectivity index (χ0v) is 11.6. The topological polar surface area (TPSA) is 76.5 Å². The minimum Gasteiger partial charge on any atom is -0.389 e. The summed E-state index contributed by atoms with van der Waals surface area (Å²) in [6.45, 7) is 6.35. The molecular weight excluding hydrogens is 246 g/mol. The molecule has 0 radical (unpaired) electrons. The summed E-state index contributed by atoms with van der Waals surface area (Å²) >= 11 is 0. The van der Waals surface area contributed by atoms with Crippen LogP contribution < -0.4 is 5.32 Å². The highest BCUT2D eigenvalue weighted by molar-refractivity contribution is 4.98. The Kier molecular flexibility index (Phi) is 8.24. The lowest BCUT2D eigenvalue weighted by atomic mass is 10.3. The summed E-state index contributed by atoms with van der Waals surface area (Å²) in [6.07, 6.45) is 1.31. The van der Waals surface area contributed by atoms with Crippen molar-refractivity contribution in [3.63, 3.8) is 0 Å². The second kappa shape index (κ2) is 9.80. The van der Waals surface area contributed by atoms with Gasteiger partial charge >= 0.3 is 0 Å². The van der Waals surface area contributed by atoms with Gasteiger partial charge in [-0.3, -0.25) is 0 Å². The first-order chi connectivity index (χ1) is 9.18. The Hall–Kier alpha value is -1.08. The maximum absolute atomic E-state index is 9.67.